The number of hydrogen-bond donors (Lipinski definition) is 1. The normalized spacial score (nSPS) is 21.7. The van der Waals surface area contributed by atoms with Gasteiger partial charge in [0.15, 0.2) is 0 Å². The van der Waals surface area contributed by atoms with Crippen LogP contribution in [0.2, 0.25) is 0 Å². The third-order valence-electron chi connectivity index (χ3n) is 4.01. The van der Waals surface area contributed by atoms with Gasteiger partial charge in [-0.1, -0.05) is 12.1 Å². The van der Waals surface area contributed by atoms with Crippen LogP contribution in [0.25, 0.3) is 0 Å². The first-order valence-corrected chi connectivity index (χ1v) is 7.52. The first-order chi connectivity index (χ1) is 10.0. The van der Waals surface area contributed by atoms with E-state index < -0.39 is 0 Å². The highest BCUT2D eigenvalue weighted by molar-refractivity contribution is 5.79. The monoisotopic (exact) mass is 295 g/mol. The number of rotatable bonds is 6. The van der Waals surface area contributed by atoms with Crippen LogP contribution in [0.3, 0.4) is 0 Å². The standard InChI is InChI=1S/C15H25N3O3/c1-5-6-16-14-9-20-8-13(14)15(19)18(4)7-12-10(2)17-21-11(12)3/h13-14,16H,5-9H2,1-4H3. The zero-order valence-electron chi connectivity index (χ0n) is 13.3. The second-order valence-electron chi connectivity index (χ2n) is 5.70. The van der Waals surface area contributed by atoms with Crippen LogP contribution in [0.4, 0.5) is 0 Å². The lowest BCUT2D eigenvalue weighted by Gasteiger charge is -2.24. The maximum Gasteiger partial charge on any atom is 0.229 e. The molecular weight excluding hydrogens is 270 g/mol. The third-order valence-corrected chi connectivity index (χ3v) is 4.01. The fourth-order valence-electron chi connectivity index (χ4n) is 2.65. The summed E-state index contributed by atoms with van der Waals surface area (Å²) in [5, 5.41) is 7.33. The second kappa shape index (κ2) is 7.04. The minimum atomic E-state index is -0.109. The Labute approximate surface area is 125 Å². The highest BCUT2D eigenvalue weighted by Gasteiger charge is 2.35. The summed E-state index contributed by atoms with van der Waals surface area (Å²) >= 11 is 0. The zero-order chi connectivity index (χ0) is 15.4. The molecule has 1 amide bonds. The Morgan fingerprint density at radius 1 is 1.43 bits per heavy atom. The number of amides is 1. The topological polar surface area (TPSA) is 67.6 Å². The first-order valence-electron chi connectivity index (χ1n) is 7.52. The third kappa shape index (κ3) is 3.63. The van der Waals surface area contributed by atoms with Crippen LogP contribution in [0.15, 0.2) is 4.52 Å². The summed E-state index contributed by atoms with van der Waals surface area (Å²) in [7, 11) is 1.82. The minimum absolute atomic E-state index is 0.109. The Kier molecular flexibility index (Phi) is 5.36. The quantitative estimate of drug-likeness (QED) is 0.856. The smallest absolute Gasteiger partial charge is 0.229 e. The van der Waals surface area contributed by atoms with Crippen molar-refractivity contribution in [1.82, 2.24) is 15.4 Å². The Hall–Kier alpha value is -1.40. The molecule has 2 atom stereocenters. The molecule has 21 heavy (non-hydrogen) atoms. The van der Waals surface area contributed by atoms with E-state index in [0.717, 1.165) is 30.0 Å². The Morgan fingerprint density at radius 2 is 2.19 bits per heavy atom. The van der Waals surface area contributed by atoms with Crippen molar-refractivity contribution >= 4 is 5.91 Å². The number of aromatic nitrogens is 1. The molecule has 1 aliphatic rings. The van der Waals surface area contributed by atoms with E-state index >= 15 is 0 Å². The Bertz CT molecular complexity index is 467. The molecule has 2 unspecified atom stereocenters. The van der Waals surface area contributed by atoms with Crippen molar-refractivity contribution in [3.05, 3.63) is 17.0 Å². The van der Waals surface area contributed by atoms with Crippen LogP contribution in [0.5, 0.6) is 0 Å². The molecule has 1 saturated heterocycles. The highest BCUT2D eigenvalue weighted by Crippen LogP contribution is 2.19. The van der Waals surface area contributed by atoms with E-state index in [1.54, 1.807) is 4.90 Å². The summed E-state index contributed by atoms with van der Waals surface area (Å²) in [6.07, 6.45) is 1.05. The van der Waals surface area contributed by atoms with Crippen LogP contribution < -0.4 is 5.32 Å². The van der Waals surface area contributed by atoms with Crippen molar-refractivity contribution in [1.29, 1.82) is 0 Å². The van der Waals surface area contributed by atoms with Crippen LogP contribution in [0, 0.1) is 19.8 Å². The lowest BCUT2D eigenvalue weighted by atomic mass is 10.0. The SMILES string of the molecule is CCCNC1COCC1C(=O)N(C)Cc1c(C)noc1C. The number of carbonyl (C=O) groups is 1. The molecule has 1 N–H and O–H groups in total. The zero-order valence-corrected chi connectivity index (χ0v) is 13.3. The summed E-state index contributed by atoms with van der Waals surface area (Å²) in [4.78, 5) is 14.4. The summed E-state index contributed by atoms with van der Waals surface area (Å²) in [6, 6.07) is 0.115. The predicted octanol–water partition coefficient (Wildman–Crippen LogP) is 1.26. The van der Waals surface area contributed by atoms with Gasteiger partial charge in [0.25, 0.3) is 0 Å². The summed E-state index contributed by atoms with van der Waals surface area (Å²) in [5.74, 6) is 0.776. The van der Waals surface area contributed by atoms with Gasteiger partial charge in [-0.3, -0.25) is 4.79 Å². The number of carbonyl (C=O) groups excluding carboxylic acids is 1. The molecule has 2 rings (SSSR count). The van der Waals surface area contributed by atoms with E-state index in [0.29, 0.717) is 19.8 Å². The Morgan fingerprint density at radius 3 is 2.81 bits per heavy atom. The summed E-state index contributed by atoms with van der Waals surface area (Å²) in [5.41, 5.74) is 1.83. The molecule has 0 aliphatic carbocycles. The first kappa shape index (κ1) is 16.0. The van der Waals surface area contributed by atoms with Gasteiger partial charge in [0.2, 0.25) is 5.91 Å². The number of nitrogens with zero attached hydrogens (tertiary/aromatic N) is 2. The van der Waals surface area contributed by atoms with Crippen molar-refractivity contribution < 1.29 is 14.1 Å². The molecule has 0 aromatic carbocycles. The average molecular weight is 295 g/mol. The van der Waals surface area contributed by atoms with Gasteiger partial charge in [-0.15, -0.1) is 0 Å². The van der Waals surface area contributed by atoms with E-state index in [2.05, 4.69) is 17.4 Å². The van der Waals surface area contributed by atoms with Crippen molar-refractivity contribution in [3.8, 4) is 0 Å². The van der Waals surface area contributed by atoms with E-state index in [1.807, 2.05) is 20.9 Å². The summed E-state index contributed by atoms with van der Waals surface area (Å²) in [6.45, 7) is 8.42. The molecule has 0 spiro atoms. The maximum absolute atomic E-state index is 12.6. The van der Waals surface area contributed by atoms with Gasteiger partial charge < -0.3 is 19.5 Å². The van der Waals surface area contributed by atoms with Gasteiger partial charge in [0.05, 0.1) is 31.4 Å². The van der Waals surface area contributed by atoms with Crippen LogP contribution in [0.1, 0.15) is 30.4 Å². The highest BCUT2D eigenvalue weighted by atomic mass is 16.5. The predicted molar refractivity (Wildman–Crippen MR) is 78.8 cm³/mol. The van der Waals surface area contributed by atoms with Crippen molar-refractivity contribution in [2.24, 2.45) is 5.92 Å². The van der Waals surface area contributed by atoms with E-state index in [1.165, 1.54) is 0 Å². The van der Waals surface area contributed by atoms with Gasteiger partial charge in [0.1, 0.15) is 5.76 Å². The van der Waals surface area contributed by atoms with E-state index in [4.69, 9.17) is 9.26 Å². The van der Waals surface area contributed by atoms with Crippen molar-refractivity contribution in [2.45, 2.75) is 39.8 Å². The van der Waals surface area contributed by atoms with E-state index in [9.17, 15) is 4.79 Å². The molecule has 1 fully saturated rings. The molecular formula is C15H25N3O3. The molecule has 2 heterocycles. The molecule has 6 nitrogen and oxygen atoms in total. The molecule has 0 radical (unpaired) electrons. The molecule has 1 aromatic heterocycles. The van der Waals surface area contributed by atoms with Crippen LogP contribution in [-0.2, 0) is 16.1 Å². The minimum Gasteiger partial charge on any atom is -0.379 e. The lowest BCUT2D eigenvalue weighted by molar-refractivity contribution is -0.135. The van der Waals surface area contributed by atoms with Gasteiger partial charge >= 0.3 is 0 Å². The van der Waals surface area contributed by atoms with Crippen molar-refractivity contribution in [2.75, 3.05) is 26.8 Å². The van der Waals surface area contributed by atoms with E-state index in [-0.39, 0.29) is 17.9 Å². The number of nitrogens with one attached hydrogen (secondary N) is 1. The summed E-state index contributed by atoms with van der Waals surface area (Å²) < 4.78 is 10.6. The van der Waals surface area contributed by atoms with Gasteiger partial charge in [-0.05, 0) is 26.8 Å². The molecule has 118 valence electrons. The molecule has 1 aromatic rings. The maximum atomic E-state index is 12.6. The Balaban J connectivity index is 1.98. The second-order valence-corrected chi connectivity index (χ2v) is 5.70. The lowest BCUT2D eigenvalue weighted by Crippen LogP contribution is -2.44. The van der Waals surface area contributed by atoms with Crippen LogP contribution >= 0.6 is 0 Å². The van der Waals surface area contributed by atoms with Crippen LogP contribution in [-0.4, -0.2) is 48.8 Å². The fourth-order valence-corrected chi connectivity index (χ4v) is 2.65. The van der Waals surface area contributed by atoms with Crippen molar-refractivity contribution in [3.63, 3.8) is 0 Å². The largest absolute Gasteiger partial charge is 0.379 e. The average Bonchev–Trinajstić information content (AvgIpc) is 3.05. The fraction of sp³-hybridized carbons (Fsp3) is 0.733. The molecule has 0 bridgehead atoms. The molecule has 6 heteroatoms. The number of ether oxygens (including phenoxy) is 1. The number of aryl methyl sites for hydroxylation is 2. The molecule has 1 aliphatic heterocycles. The van der Waals surface area contributed by atoms with Gasteiger partial charge in [-0.2, -0.15) is 0 Å². The van der Waals surface area contributed by atoms with Gasteiger partial charge in [0, 0.05) is 18.7 Å². The number of hydrogen-bond acceptors (Lipinski definition) is 5. The molecule has 0 saturated carbocycles. The van der Waals surface area contributed by atoms with Gasteiger partial charge in [-0.25, -0.2) is 0 Å².